The Morgan fingerprint density at radius 3 is 2.80 bits per heavy atom. The first-order valence-corrected chi connectivity index (χ1v) is 8.87. The fourth-order valence-corrected chi connectivity index (χ4v) is 3.41. The van der Waals surface area contributed by atoms with E-state index in [1.54, 1.807) is 0 Å². The lowest BCUT2D eigenvalue weighted by Gasteiger charge is -2.22. The highest BCUT2D eigenvalue weighted by atomic mass is 79.9. The minimum atomic E-state index is 0.140. The lowest BCUT2D eigenvalue weighted by Crippen LogP contribution is -2.35. The Balaban J connectivity index is 2.07. The number of carbonyl (C=O) groups is 1. The zero-order valence-corrected chi connectivity index (χ0v) is 14.9. The molecule has 0 spiro atoms. The molecule has 1 heterocycles. The number of hydrogen-bond acceptors (Lipinski definition) is 2. The van der Waals surface area contributed by atoms with Gasteiger partial charge in [0.2, 0.25) is 0 Å². The monoisotopic (exact) mass is 402 g/mol. The highest BCUT2D eigenvalue weighted by molar-refractivity contribution is 9.10. The van der Waals surface area contributed by atoms with Crippen LogP contribution in [-0.4, -0.2) is 53.8 Å². The summed E-state index contributed by atoms with van der Waals surface area (Å²) in [5, 5.41) is 0.990. The molecule has 0 atom stereocenters. The molecular weight excluding hydrogens is 384 g/mol. The van der Waals surface area contributed by atoms with Gasteiger partial charge in [-0.25, -0.2) is 0 Å². The third kappa shape index (κ3) is 4.06. The number of amides is 1. The summed E-state index contributed by atoms with van der Waals surface area (Å²) in [5.74, 6) is 0.140. The van der Waals surface area contributed by atoms with E-state index in [9.17, 15) is 4.79 Å². The number of carbonyl (C=O) groups excluding carboxylic acids is 1. The Morgan fingerprint density at radius 1 is 1.25 bits per heavy atom. The molecule has 1 aromatic rings. The van der Waals surface area contributed by atoms with Crippen molar-refractivity contribution in [1.29, 1.82) is 0 Å². The summed E-state index contributed by atoms with van der Waals surface area (Å²) in [5.41, 5.74) is 1.89. The van der Waals surface area contributed by atoms with E-state index in [1.807, 2.05) is 30.0 Å². The fourth-order valence-electron chi connectivity index (χ4n) is 2.49. The molecule has 20 heavy (non-hydrogen) atoms. The Morgan fingerprint density at radius 2 is 2.05 bits per heavy atom. The molecule has 0 N–H and O–H groups in total. The summed E-state index contributed by atoms with van der Waals surface area (Å²) >= 11 is 6.97. The third-order valence-corrected chi connectivity index (χ3v) is 4.67. The molecule has 1 aliphatic rings. The fraction of sp³-hybridized carbons (Fsp3) is 0.533. The van der Waals surface area contributed by atoms with Crippen molar-refractivity contribution in [3.63, 3.8) is 0 Å². The quantitative estimate of drug-likeness (QED) is 0.723. The number of nitrogens with zero attached hydrogens (tertiary/aromatic N) is 2. The zero-order chi connectivity index (χ0) is 14.5. The van der Waals surface area contributed by atoms with Gasteiger partial charge in [0.1, 0.15) is 0 Å². The number of aryl methyl sites for hydroxylation is 1. The van der Waals surface area contributed by atoms with Gasteiger partial charge in [-0.3, -0.25) is 4.79 Å². The molecule has 0 bridgehead atoms. The number of hydrogen-bond donors (Lipinski definition) is 0. The van der Waals surface area contributed by atoms with Gasteiger partial charge in [0.05, 0.1) is 5.56 Å². The number of halogens is 2. The van der Waals surface area contributed by atoms with Gasteiger partial charge in [-0.1, -0.05) is 27.6 Å². The normalized spacial score (nSPS) is 17.1. The molecule has 0 saturated carbocycles. The first kappa shape index (κ1) is 16.0. The van der Waals surface area contributed by atoms with Crippen molar-refractivity contribution in [2.24, 2.45) is 0 Å². The molecule has 1 saturated heterocycles. The predicted octanol–water partition coefficient (Wildman–Crippen LogP) is 3.30. The van der Waals surface area contributed by atoms with Crippen LogP contribution in [0.25, 0.3) is 0 Å². The number of alkyl halides is 1. The van der Waals surface area contributed by atoms with Crippen LogP contribution in [0.1, 0.15) is 22.3 Å². The van der Waals surface area contributed by atoms with E-state index in [0.29, 0.717) is 0 Å². The van der Waals surface area contributed by atoms with Gasteiger partial charge in [-0.15, -0.1) is 0 Å². The summed E-state index contributed by atoms with van der Waals surface area (Å²) in [6.45, 7) is 6.76. The van der Waals surface area contributed by atoms with Gasteiger partial charge < -0.3 is 9.80 Å². The summed E-state index contributed by atoms with van der Waals surface area (Å²) in [6.07, 6.45) is 1.04. The molecule has 110 valence electrons. The third-order valence-electron chi connectivity index (χ3n) is 3.63. The summed E-state index contributed by atoms with van der Waals surface area (Å²) in [4.78, 5) is 17.0. The zero-order valence-electron chi connectivity index (χ0n) is 11.7. The van der Waals surface area contributed by atoms with Crippen LogP contribution in [0.2, 0.25) is 0 Å². The second-order valence-electron chi connectivity index (χ2n) is 5.16. The van der Waals surface area contributed by atoms with Crippen molar-refractivity contribution in [2.45, 2.75) is 13.3 Å². The SMILES string of the molecule is Cc1ccc(Br)c(C(=O)N2CCCN(CCBr)CC2)c1. The molecular formula is C15H20Br2N2O. The molecule has 0 radical (unpaired) electrons. The molecule has 1 amide bonds. The first-order valence-electron chi connectivity index (χ1n) is 6.95. The lowest BCUT2D eigenvalue weighted by molar-refractivity contribution is 0.0761. The van der Waals surface area contributed by atoms with Crippen molar-refractivity contribution in [3.05, 3.63) is 33.8 Å². The van der Waals surface area contributed by atoms with E-state index in [0.717, 1.165) is 60.1 Å². The van der Waals surface area contributed by atoms with E-state index in [-0.39, 0.29) is 5.91 Å². The maximum Gasteiger partial charge on any atom is 0.255 e. The van der Waals surface area contributed by atoms with Crippen LogP contribution < -0.4 is 0 Å². The average Bonchev–Trinajstić information content (AvgIpc) is 2.67. The smallest absolute Gasteiger partial charge is 0.255 e. The summed E-state index contributed by atoms with van der Waals surface area (Å²) < 4.78 is 0.884. The second-order valence-corrected chi connectivity index (χ2v) is 6.81. The molecule has 5 heteroatoms. The van der Waals surface area contributed by atoms with Crippen molar-refractivity contribution < 1.29 is 4.79 Å². The molecule has 2 rings (SSSR count). The Labute approximate surface area is 137 Å². The maximum atomic E-state index is 12.7. The molecule has 3 nitrogen and oxygen atoms in total. The Kier molecular flexibility index (Phi) is 6.05. The maximum absolute atomic E-state index is 12.7. The molecule has 1 fully saturated rings. The Hall–Kier alpha value is -0.390. The Bertz CT molecular complexity index is 479. The van der Waals surface area contributed by atoms with E-state index < -0.39 is 0 Å². The topological polar surface area (TPSA) is 23.6 Å². The molecule has 1 aromatic carbocycles. The summed E-state index contributed by atoms with van der Waals surface area (Å²) in [6, 6.07) is 5.94. The number of rotatable bonds is 3. The van der Waals surface area contributed by atoms with Gasteiger partial charge in [0.25, 0.3) is 5.91 Å². The van der Waals surface area contributed by atoms with Crippen LogP contribution in [0.3, 0.4) is 0 Å². The van der Waals surface area contributed by atoms with Crippen LogP contribution in [-0.2, 0) is 0 Å². The van der Waals surface area contributed by atoms with Gasteiger partial charge in [-0.2, -0.15) is 0 Å². The predicted molar refractivity (Wildman–Crippen MR) is 89.6 cm³/mol. The van der Waals surface area contributed by atoms with Crippen molar-refractivity contribution in [1.82, 2.24) is 9.80 Å². The first-order chi connectivity index (χ1) is 9.61. The van der Waals surface area contributed by atoms with E-state index in [2.05, 4.69) is 36.8 Å². The van der Waals surface area contributed by atoms with Crippen LogP contribution in [0.15, 0.2) is 22.7 Å². The van der Waals surface area contributed by atoms with Gasteiger partial charge in [-0.05, 0) is 48.0 Å². The minimum absolute atomic E-state index is 0.140. The largest absolute Gasteiger partial charge is 0.337 e. The lowest BCUT2D eigenvalue weighted by atomic mass is 10.1. The van der Waals surface area contributed by atoms with Crippen molar-refractivity contribution in [3.8, 4) is 0 Å². The van der Waals surface area contributed by atoms with Crippen molar-refractivity contribution in [2.75, 3.05) is 38.1 Å². The molecule has 0 unspecified atom stereocenters. The highest BCUT2D eigenvalue weighted by Gasteiger charge is 2.21. The van der Waals surface area contributed by atoms with Gasteiger partial charge in [0.15, 0.2) is 0 Å². The highest BCUT2D eigenvalue weighted by Crippen LogP contribution is 2.20. The van der Waals surface area contributed by atoms with Crippen molar-refractivity contribution >= 4 is 37.8 Å². The average molecular weight is 404 g/mol. The van der Waals surface area contributed by atoms with Crippen LogP contribution in [0.5, 0.6) is 0 Å². The number of benzene rings is 1. The van der Waals surface area contributed by atoms with E-state index in [4.69, 9.17) is 0 Å². The van der Waals surface area contributed by atoms with E-state index in [1.165, 1.54) is 0 Å². The summed E-state index contributed by atoms with van der Waals surface area (Å²) in [7, 11) is 0. The second kappa shape index (κ2) is 7.57. The van der Waals surface area contributed by atoms with Crippen LogP contribution in [0.4, 0.5) is 0 Å². The van der Waals surface area contributed by atoms with Gasteiger partial charge in [0, 0.05) is 36.0 Å². The van der Waals surface area contributed by atoms with Gasteiger partial charge >= 0.3 is 0 Å². The molecule has 1 aliphatic heterocycles. The van der Waals surface area contributed by atoms with E-state index >= 15 is 0 Å². The standard InChI is InChI=1S/C15H20Br2N2O/c1-12-3-4-14(17)13(11-12)15(20)19-7-2-6-18(8-5-16)9-10-19/h3-4,11H,2,5-10H2,1H3. The van der Waals surface area contributed by atoms with Crippen LogP contribution in [0, 0.1) is 6.92 Å². The van der Waals surface area contributed by atoms with Crippen LogP contribution >= 0.6 is 31.9 Å². The minimum Gasteiger partial charge on any atom is -0.337 e. The molecule has 0 aliphatic carbocycles. The molecule has 0 aromatic heterocycles.